The van der Waals surface area contributed by atoms with Gasteiger partial charge in [0.25, 0.3) is 5.91 Å². The number of rotatable bonds is 5. The molecule has 0 aromatic heterocycles. The molecule has 0 bridgehead atoms. The van der Waals surface area contributed by atoms with Gasteiger partial charge in [-0.1, -0.05) is 11.6 Å². The number of benzene rings is 1. The van der Waals surface area contributed by atoms with E-state index < -0.39 is 0 Å². The average Bonchev–Trinajstić information content (AvgIpc) is 2.33. The van der Waals surface area contributed by atoms with Crippen LogP contribution < -0.4 is 16.4 Å². The van der Waals surface area contributed by atoms with Crippen LogP contribution in [0.5, 0.6) is 0 Å². The fourth-order valence-corrected chi connectivity index (χ4v) is 1.48. The van der Waals surface area contributed by atoms with Gasteiger partial charge in [0.1, 0.15) is 0 Å². The first-order valence-corrected chi connectivity index (χ1v) is 6.02. The Morgan fingerprint density at radius 2 is 2.06 bits per heavy atom. The number of carbonyl (C=O) groups is 2. The van der Waals surface area contributed by atoms with Crippen LogP contribution in [0.4, 0.5) is 5.69 Å². The third-order valence-corrected chi connectivity index (χ3v) is 2.61. The molecule has 1 aromatic carbocycles. The SMILES string of the molecule is CCNC(=O)CCNC(=O)c1ccc(Cl)c(N)c1. The molecular formula is C12H16ClN3O2. The van der Waals surface area contributed by atoms with Gasteiger partial charge in [-0.3, -0.25) is 9.59 Å². The minimum Gasteiger partial charge on any atom is -0.398 e. The molecule has 4 N–H and O–H groups in total. The topological polar surface area (TPSA) is 84.2 Å². The van der Waals surface area contributed by atoms with Gasteiger partial charge in [0.15, 0.2) is 0 Å². The van der Waals surface area contributed by atoms with Crippen molar-refractivity contribution in [3.63, 3.8) is 0 Å². The van der Waals surface area contributed by atoms with Gasteiger partial charge in [0.05, 0.1) is 10.7 Å². The van der Waals surface area contributed by atoms with Gasteiger partial charge in [-0.05, 0) is 25.1 Å². The second kappa shape index (κ2) is 6.86. The van der Waals surface area contributed by atoms with Gasteiger partial charge in [0.2, 0.25) is 5.91 Å². The van der Waals surface area contributed by atoms with E-state index in [4.69, 9.17) is 17.3 Å². The Morgan fingerprint density at radius 1 is 1.33 bits per heavy atom. The lowest BCUT2D eigenvalue weighted by molar-refractivity contribution is -0.120. The zero-order valence-corrected chi connectivity index (χ0v) is 10.9. The Labute approximate surface area is 111 Å². The summed E-state index contributed by atoms with van der Waals surface area (Å²) in [4.78, 5) is 22.9. The van der Waals surface area contributed by atoms with Crippen LogP contribution in [0, 0.1) is 0 Å². The van der Waals surface area contributed by atoms with Crippen LogP contribution in [0.15, 0.2) is 18.2 Å². The summed E-state index contributed by atoms with van der Waals surface area (Å²) in [5.74, 6) is -0.365. The van der Waals surface area contributed by atoms with E-state index in [0.717, 1.165) is 0 Å². The Bertz CT molecular complexity index is 449. The highest BCUT2D eigenvalue weighted by Crippen LogP contribution is 2.19. The number of halogens is 1. The lowest BCUT2D eigenvalue weighted by Gasteiger charge is -2.06. The fraction of sp³-hybridized carbons (Fsp3) is 0.333. The number of hydrogen-bond acceptors (Lipinski definition) is 3. The molecule has 0 saturated heterocycles. The molecule has 1 rings (SSSR count). The molecule has 18 heavy (non-hydrogen) atoms. The molecule has 0 fully saturated rings. The highest BCUT2D eigenvalue weighted by Gasteiger charge is 2.07. The van der Waals surface area contributed by atoms with Gasteiger partial charge in [-0.2, -0.15) is 0 Å². The molecule has 1 aromatic rings. The molecular weight excluding hydrogens is 254 g/mol. The second-order valence-electron chi connectivity index (χ2n) is 3.70. The molecule has 0 aliphatic carbocycles. The summed E-state index contributed by atoms with van der Waals surface area (Å²) in [7, 11) is 0. The average molecular weight is 270 g/mol. The van der Waals surface area contributed by atoms with Crippen molar-refractivity contribution in [2.45, 2.75) is 13.3 Å². The number of nitrogens with one attached hydrogen (secondary N) is 2. The van der Waals surface area contributed by atoms with Crippen LogP contribution in [0.25, 0.3) is 0 Å². The molecule has 0 aliphatic heterocycles. The van der Waals surface area contributed by atoms with Crippen LogP contribution in [0.2, 0.25) is 5.02 Å². The number of carbonyl (C=O) groups excluding carboxylic acids is 2. The Morgan fingerprint density at radius 3 is 2.67 bits per heavy atom. The van der Waals surface area contributed by atoms with E-state index >= 15 is 0 Å². The molecule has 0 radical (unpaired) electrons. The number of anilines is 1. The molecule has 0 aliphatic rings. The number of amides is 2. The summed E-state index contributed by atoms with van der Waals surface area (Å²) in [6, 6.07) is 4.65. The van der Waals surface area contributed by atoms with Crippen molar-refractivity contribution in [1.82, 2.24) is 10.6 Å². The molecule has 0 spiro atoms. The van der Waals surface area contributed by atoms with E-state index in [0.29, 0.717) is 22.8 Å². The minimum atomic E-state index is -0.275. The van der Waals surface area contributed by atoms with Crippen LogP contribution in [0.1, 0.15) is 23.7 Å². The van der Waals surface area contributed by atoms with Gasteiger partial charge >= 0.3 is 0 Å². The van der Waals surface area contributed by atoms with Crippen LogP contribution in [0.3, 0.4) is 0 Å². The normalized spacial score (nSPS) is 9.89. The van der Waals surface area contributed by atoms with Crippen molar-refractivity contribution < 1.29 is 9.59 Å². The van der Waals surface area contributed by atoms with E-state index in [1.165, 1.54) is 6.07 Å². The number of hydrogen-bond donors (Lipinski definition) is 3. The van der Waals surface area contributed by atoms with E-state index in [-0.39, 0.29) is 24.8 Å². The third kappa shape index (κ3) is 4.25. The Balaban J connectivity index is 2.45. The van der Waals surface area contributed by atoms with E-state index in [2.05, 4.69) is 10.6 Å². The maximum Gasteiger partial charge on any atom is 0.251 e. The summed E-state index contributed by atoms with van der Waals surface area (Å²) in [6.07, 6.45) is 0.253. The van der Waals surface area contributed by atoms with Gasteiger partial charge in [0, 0.05) is 25.1 Å². The van der Waals surface area contributed by atoms with Crippen LogP contribution in [-0.2, 0) is 4.79 Å². The first-order chi connectivity index (χ1) is 8.54. The quantitative estimate of drug-likeness (QED) is 0.702. The molecule has 6 heteroatoms. The number of nitrogen functional groups attached to an aromatic ring is 1. The highest BCUT2D eigenvalue weighted by molar-refractivity contribution is 6.33. The molecule has 0 unspecified atom stereocenters. The van der Waals surface area contributed by atoms with E-state index in [1.54, 1.807) is 12.1 Å². The van der Waals surface area contributed by atoms with Crippen molar-refractivity contribution in [3.8, 4) is 0 Å². The van der Waals surface area contributed by atoms with Crippen molar-refractivity contribution in [2.24, 2.45) is 0 Å². The van der Waals surface area contributed by atoms with Crippen molar-refractivity contribution in [1.29, 1.82) is 0 Å². The standard InChI is InChI=1S/C12H16ClN3O2/c1-2-15-11(17)5-6-16-12(18)8-3-4-9(13)10(14)7-8/h3-4,7H,2,5-6,14H2,1H3,(H,15,17)(H,16,18). The van der Waals surface area contributed by atoms with Crippen molar-refractivity contribution in [3.05, 3.63) is 28.8 Å². The summed E-state index contributed by atoms with van der Waals surface area (Å²) >= 11 is 5.76. The van der Waals surface area contributed by atoms with Crippen LogP contribution in [-0.4, -0.2) is 24.9 Å². The molecule has 0 saturated carbocycles. The number of nitrogens with two attached hydrogens (primary N) is 1. The lowest BCUT2D eigenvalue weighted by atomic mass is 10.2. The summed E-state index contributed by atoms with van der Waals surface area (Å²) in [5.41, 5.74) is 6.38. The Kier molecular flexibility index (Phi) is 5.45. The first kappa shape index (κ1) is 14.3. The molecule has 0 atom stereocenters. The summed E-state index contributed by atoms with van der Waals surface area (Å²) in [6.45, 7) is 2.71. The highest BCUT2D eigenvalue weighted by atomic mass is 35.5. The first-order valence-electron chi connectivity index (χ1n) is 5.64. The zero-order valence-electron chi connectivity index (χ0n) is 10.1. The van der Waals surface area contributed by atoms with Crippen LogP contribution >= 0.6 is 11.6 Å². The zero-order chi connectivity index (χ0) is 13.5. The molecule has 0 heterocycles. The lowest BCUT2D eigenvalue weighted by Crippen LogP contribution is -2.30. The fourth-order valence-electron chi connectivity index (χ4n) is 1.36. The monoisotopic (exact) mass is 269 g/mol. The summed E-state index contributed by atoms with van der Waals surface area (Å²) in [5, 5.41) is 5.70. The van der Waals surface area contributed by atoms with Gasteiger partial charge < -0.3 is 16.4 Å². The van der Waals surface area contributed by atoms with Gasteiger partial charge in [-0.25, -0.2) is 0 Å². The third-order valence-electron chi connectivity index (χ3n) is 2.27. The maximum absolute atomic E-state index is 11.7. The largest absolute Gasteiger partial charge is 0.398 e. The second-order valence-corrected chi connectivity index (χ2v) is 4.10. The molecule has 2 amide bonds. The Hall–Kier alpha value is -1.75. The predicted molar refractivity (Wildman–Crippen MR) is 71.5 cm³/mol. The molecule has 5 nitrogen and oxygen atoms in total. The van der Waals surface area contributed by atoms with E-state index in [9.17, 15) is 9.59 Å². The predicted octanol–water partition coefficient (Wildman–Crippen LogP) is 1.18. The van der Waals surface area contributed by atoms with Crippen molar-refractivity contribution in [2.75, 3.05) is 18.8 Å². The minimum absolute atomic E-state index is 0.0894. The molecule has 98 valence electrons. The summed E-state index contributed by atoms with van der Waals surface area (Å²) < 4.78 is 0. The van der Waals surface area contributed by atoms with Gasteiger partial charge in [-0.15, -0.1) is 0 Å². The smallest absolute Gasteiger partial charge is 0.251 e. The van der Waals surface area contributed by atoms with E-state index in [1.807, 2.05) is 6.92 Å². The maximum atomic E-state index is 11.7. The van der Waals surface area contributed by atoms with Crippen molar-refractivity contribution >= 4 is 29.1 Å².